The third-order valence-corrected chi connectivity index (χ3v) is 4.70. The summed E-state index contributed by atoms with van der Waals surface area (Å²) < 4.78 is 5.78. The molecule has 0 bridgehead atoms. The number of hydrogen-bond donors (Lipinski definition) is 1. The van der Waals surface area contributed by atoms with Crippen molar-refractivity contribution in [2.24, 2.45) is 5.92 Å². The van der Waals surface area contributed by atoms with E-state index in [1.807, 2.05) is 54.6 Å². The molecule has 2 aromatic carbocycles. The largest absolute Gasteiger partial charge is 0.457 e. The average molecular weight is 366 g/mol. The van der Waals surface area contributed by atoms with Crippen molar-refractivity contribution in [2.75, 3.05) is 18.0 Å². The van der Waals surface area contributed by atoms with Gasteiger partial charge in [-0.1, -0.05) is 38.0 Å². The molecule has 5 nitrogen and oxygen atoms in total. The first-order valence-corrected chi connectivity index (χ1v) is 9.58. The zero-order valence-corrected chi connectivity index (χ0v) is 15.7. The topological polar surface area (TPSA) is 58.6 Å². The number of carbonyl (C=O) groups is 2. The van der Waals surface area contributed by atoms with Gasteiger partial charge in [-0.2, -0.15) is 0 Å². The Bertz CT molecular complexity index is 759. The van der Waals surface area contributed by atoms with Crippen molar-refractivity contribution >= 4 is 17.5 Å². The number of carbonyl (C=O) groups excluding carboxylic acids is 2. The number of hydrogen-bond acceptors (Lipinski definition) is 3. The van der Waals surface area contributed by atoms with Crippen molar-refractivity contribution in [1.82, 2.24) is 5.32 Å². The minimum Gasteiger partial charge on any atom is -0.457 e. The molecule has 1 aliphatic rings. The number of benzene rings is 2. The second kappa shape index (κ2) is 9.21. The summed E-state index contributed by atoms with van der Waals surface area (Å²) >= 11 is 0. The van der Waals surface area contributed by atoms with Gasteiger partial charge in [0.15, 0.2) is 0 Å². The third-order valence-electron chi connectivity index (χ3n) is 4.70. The fourth-order valence-corrected chi connectivity index (χ4v) is 3.18. The van der Waals surface area contributed by atoms with Gasteiger partial charge in [0, 0.05) is 25.2 Å². The number of unbranched alkanes of at least 4 members (excludes halogenated alkanes) is 2. The van der Waals surface area contributed by atoms with Gasteiger partial charge in [0.2, 0.25) is 11.8 Å². The number of amides is 2. The molecule has 0 saturated carbocycles. The minimum absolute atomic E-state index is 0.0135. The van der Waals surface area contributed by atoms with E-state index in [2.05, 4.69) is 12.2 Å². The highest BCUT2D eigenvalue weighted by Crippen LogP contribution is 2.28. The number of nitrogens with zero attached hydrogens (tertiary/aromatic N) is 1. The average Bonchev–Trinajstić information content (AvgIpc) is 3.08. The van der Waals surface area contributed by atoms with Crippen LogP contribution in [0.2, 0.25) is 0 Å². The van der Waals surface area contributed by atoms with Gasteiger partial charge in [-0.3, -0.25) is 9.59 Å². The summed E-state index contributed by atoms with van der Waals surface area (Å²) in [6.45, 7) is 3.24. The molecule has 0 aromatic heterocycles. The number of ether oxygens (including phenoxy) is 1. The smallest absolute Gasteiger partial charge is 0.227 e. The van der Waals surface area contributed by atoms with Gasteiger partial charge in [-0.05, 0) is 42.8 Å². The highest BCUT2D eigenvalue weighted by molar-refractivity contribution is 6.00. The lowest BCUT2D eigenvalue weighted by Gasteiger charge is -2.17. The molecule has 0 radical (unpaired) electrons. The predicted octanol–water partition coefficient (Wildman–Crippen LogP) is 4.14. The van der Waals surface area contributed by atoms with Crippen LogP contribution in [0.4, 0.5) is 5.69 Å². The number of nitrogens with one attached hydrogen (secondary N) is 1. The molecule has 2 aromatic rings. The standard InChI is InChI=1S/C22H26N2O3/c1-2-3-7-14-23-22(26)17-15-21(25)24(16-17)18-10-12-20(13-11-18)27-19-8-5-4-6-9-19/h4-6,8-13,17H,2-3,7,14-16H2,1H3,(H,23,26). The Morgan fingerprint density at radius 3 is 2.48 bits per heavy atom. The Kier molecular flexibility index (Phi) is 6.47. The molecule has 1 heterocycles. The van der Waals surface area contributed by atoms with E-state index in [0.29, 0.717) is 18.8 Å². The third kappa shape index (κ3) is 5.09. The van der Waals surface area contributed by atoms with Crippen molar-refractivity contribution in [3.63, 3.8) is 0 Å². The summed E-state index contributed by atoms with van der Waals surface area (Å²) in [5.74, 6) is 1.16. The van der Waals surface area contributed by atoms with Gasteiger partial charge in [0.05, 0.1) is 5.92 Å². The molecule has 2 amide bonds. The first-order valence-electron chi connectivity index (χ1n) is 9.58. The van der Waals surface area contributed by atoms with Crippen molar-refractivity contribution in [2.45, 2.75) is 32.6 Å². The van der Waals surface area contributed by atoms with Crippen LogP contribution >= 0.6 is 0 Å². The molecule has 1 saturated heterocycles. The van der Waals surface area contributed by atoms with Gasteiger partial charge in [0.25, 0.3) is 0 Å². The maximum absolute atomic E-state index is 12.4. The van der Waals surface area contributed by atoms with Gasteiger partial charge >= 0.3 is 0 Å². The molecule has 142 valence electrons. The van der Waals surface area contributed by atoms with E-state index in [0.717, 1.165) is 30.7 Å². The van der Waals surface area contributed by atoms with Gasteiger partial charge in [-0.25, -0.2) is 0 Å². The molecule has 27 heavy (non-hydrogen) atoms. The quantitative estimate of drug-likeness (QED) is 0.715. The van der Waals surface area contributed by atoms with Gasteiger partial charge < -0.3 is 15.0 Å². The molecule has 5 heteroatoms. The molecule has 1 atom stereocenters. The highest BCUT2D eigenvalue weighted by Gasteiger charge is 2.34. The summed E-state index contributed by atoms with van der Waals surface area (Å²) in [6, 6.07) is 16.9. The van der Waals surface area contributed by atoms with E-state index in [9.17, 15) is 9.59 Å². The van der Waals surface area contributed by atoms with E-state index >= 15 is 0 Å². The highest BCUT2D eigenvalue weighted by atomic mass is 16.5. The van der Waals surface area contributed by atoms with Crippen LogP contribution in [-0.2, 0) is 9.59 Å². The molecule has 3 rings (SSSR count). The molecule has 1 unspecified atom stereocenters. The first-order chi connectivity index (χ1) is 13.2. The molecular formula is C22H26N2O3. The maximum atomic E-state index is 12.4. The zero-order chi connectivity index (χ0) is 19.1. The molecule has 1 fully saturated rings. The van der Waals surface area contributed by atoms with Crippen LogP contribution in [0.25, 0.3) is 0 Å². The fourth-order valence-electron chi connectivity index (χ4n) is 3.18. The summed E-state index contributed by atoms with van der Waals surface area (Å²) in [7, 11) is 0. The molecule has 0 aliphatic carbocycles. The SMILES string of the molecule is CCCCCNC(=O)C1CC(=O)N(c2ccc(Oc3ccccc3)cc2)C1. The van der Waals surface area contributed by atoms with Crippen LogP contribution in [0, 0.1) is 5.92 Å². The van der Waals surface area contributed by atoms with E-state index in [-0.39, 0.29) is 24.2 Å². The van der Waals surface area contributed by atoms with Crippen LogP contribution in [0.15, 0.2) is 54.6 Å². The summed E-state index contributed by atoms with van der Waals surface area (Å²) in [4.78, 5) is 26.3. The van der Waals surface area contributed by atoms with E-state index in [4.69, 9.17) is 4.74 Å². The van der Waals surface area contributed by atoms with Crippen molar-refractivity contribution < 1.29 is 14.3 Å². The number of para-hydroxylation sites is 1. The second-order valence-electron chi connectivity index (χ2n) is 6.81. The Morgan fingerprint density at radius 1 is 1.07 bits per heavy atom. The van der Waals surface area contributed by atoms with E-state index < -0.39 is 0 Å². The van der Waals surface area contributed by atoms with Crippen molar-refractivity contribution in [1.29, 1.82) is 0 Å². The van der Waals surface area contributed by atoms with Gasteiger partial charge in [0.1, 0.15) is 11.5 Å². The van der Waals surface area contributed by atoms with Crippen molar-refractivity contribution in [3.8, 4) is 11.5 Å². The predicted molar refractivity (Wildman–Crippen MR) is 106 cm³/mol. The summed E-state index contributed by atoms with van der Waals surface area (Å²) in [6.07, 6.45) is 3.47. The summed E-state index contributed by atoms with van der Waals surface area (Å²) in [5.41, 5.74) is 0.793. The lowest BCUT2D eigenvalue weighted by atomic mass is 10.1. The Morgan fingerprint density at radius 2 is 1.78 bits per heavy atom. The normalized spacial score (nSPS) is 16.4. The van der Waals surface area contributed by atoms with Crippen LogP contribution in [-0.4, -0.2) is 24.9 Å². The second-order valence-corrected chi connectivity index (χ2v) is 6.81. The Labute approximate surface area is 160 Å². The van der Waals surface area contributed by atoms with E-state index in [1.165, 1.54) is 0 Å². The Hall–Kier alpha value is -2.82. The lowest BCUT2D eigenvalue weighted by molar-refractivity contribution is -0.126. The Balaban J connectivity index is 1.56. The first kappa shape index (κ1) is 19.0. The molecular weight excluding hydrogens is 340 g/mol. The lowest BCUT2D eigenvalue weighted by Crippen LogP contribution is -2.33. The maximum Gasteiger partial charge on any atom is 0.227 e. The minimum atomic E-state index is -0.278. The fraction of sp³-hybridized carbons (Fsp3) is 0.364. The van der Waals surface area contributed by atoms with Crippen LogP contribution in [0.3, 0.4) is 0 Å². The van der Waals surface area contributed by atoms with Gasteiger partial charge in [-0.15, -0.1) is 0 Å². The van der Waals surface area contributed by atoms with Crippen molar-refractivity contribution in [3.05, 3.63) is 54.6 Å². The zero-order valence-electron chi connectivity index (χ0n) is 15.7. The number of anilines is 1. The molecule has 0 spiro atoms. The van der Waals surface area contributed by atoms with E-state index in [1.54, 1.807) is 4.90 Å². The summed E-state index contributed by atoms with van der Waals surface area (Å²) in [5, 5.41) is 2.95. The molecule has 1 aliphatic heterocycles. The van der Waals surface area contributed by atoms with Crippen LogP contribution in [0.1, 0.15) is 32.6 Å². The molecule has 1 N–H and O–H groups in total. The number of rotatable bonds is 8. The monoisotopic (exact) mass is 366 g/mol. The van der Waals surface area contributed by atoms with Crippen LogP contribution < -0.4 is 15.0 Å². The van der Waals surface area contributed by atoms with Crippen LogP contribution in [0.5, 0.6) is 11.5 Å².